The fraction of sp³-hybridized carbons (Fsp3) is 0.458. The molecule has 0 aromatic heterocycles. The predicted molar refractivity (Wildman–Crippen MR) is 109 cm³/mol. The minimum absolute atomic E-state index is 0.0300. The van der Waals surface area contributed by atoms with Crippen LogP contribution in [0.4, 0.5) is 4.39 Å². The Morgan fingerprint density at radius 1 is 1.10 bits per heavy atom. The number of halogens is 1. The molecule has 4 nitrogen and oxygen atoms in total. The van der Waals surface area contributed by atoms with E-state index in [4.69, 9.17) is 9.47 Å². The fourth-order valence-corrected chi connectivity index (χ4v) is 4.52. The Kier molecular flexibility index (Phi) is 6.14. The van der Waals surface area contributed by atoms with Crippen LogP contribution in [0, 0.1) is 11.7 Å². The monoisotopic (exact) mass is 397 g/mol. The van der Waals surface area contributed by atoms with Crippen molar-refractivity contribution in [3.63, 3.8) is 0 Å². The first kappa shape index (κ1) is 19.9. The third-order valence-electron chi connectivity index (χ3n) is 6.17. The van der Waals surface area contributed by atoms with Gasteiger partial charge in [-0.25, -0.2) is 4.39 Å². The summed E-state index contributed by atoms with van der Waals surface area (Å²) in [6.07, 6.45) is 4.73. The molecule has 1 unspecified atom stereocenters. The molecule has 1 atom stereocenters. The molecule has 0 saturated carbocycles. The van der Waals surface area contributed by atoms with Crippen molar-refractivity contribution < 1.29 is 18.7 Å². The van der Waals surface area contributed by atoms with Gasteiger partial charge in [-0.2, -0.15) is 0 Å². The number of amides is 1. The van der Waals surface area contributed by atoms with Crippen LogP contribution in [0.1, 0.15) is 31.2 Å². The summed E-state index contributed by atoms with van der Waals surface area (Å²) in [6.45, 7) is 2.25. The lowest BCUT2D eigenvalue weighted by Gasteiger charge is -2.46. The summed E-state index contributed by atoms with van der Waals surface area (Å²) in [7, 11) is 0. The minimum atomic E-state index is -0.189. The zero-order valence-corrected chi connectivity index (χ0v) is 16.7. The van der Waals surface area contributed by atoms with E-state index in [1.165, 1.54) is 17.7 Å². The molecule has 1 amide bonds. The molecule has 2 fully saturated rings. The lowest BCUT2D eigenvalue weighted by Crippen LogP contribution is -2.51. The van der Waals surface area contributed by atoms with Crippen LogP contribution in [0.5, 0.6) is 5.75 Å². The van der Waals surface area contributed by atoms with Crippen molar-refractivity contribution in [3.8, 4) is 5.75 Å². The smallest absolute Gasteiger partial charge is 0.260 e. The van der Waals surface area contributed by atoms with Crippen LogP contribution in [-0.4, -0.2) is 42.7 Å². The fourth-order valence-electron chi connectivity index (χ4n) is 4.52. The first-order valence-corrected chi connectivity index (χ1v) is 10.5. The van der Waals surface area contributed by atoms with Gasteiger partial charge in [-0.3, -0.25) is 4.79 Å². The average Bonchev–Trinajstić information content (AvgIpc) is 2.75. The van der Waals surface area contributed by atoms with E-state index in [0.717, 1.165) is 38.7 Å². The van der Waals surface area contributed by atoms with Crippen molar-refractivity contribution in [2.24, 2.45) is 5.92 Å². The summed E-state index contributed by atoms with van der Waals surface area (Å²) in [4.78, 5) is 14.4. The Morgan fingerprint density at radius 2 is 1.83 bits per heavy atom. The van der Waals surface area contributed by atoms with Crippen LogP contribution in [0.25, 0.3) is 0 Å². The molecule has 2 aromatic rings. The molecule has 2 aliphatic rings. The quantitative estimate of drug-likeness (QED) is 0.758. The van der Waals surface area contributed by atoms with Crippen LogP contribution in [0.15, 0.2) is 54.6 Å². The number of likely N-dealkylation sites (tertiary alicyclic amines) is 1. The molecule has 2 saturated heterocycles. The number of hydrogen-bond donors (Lipinski definition) is 0. The zero-order valence-electron chi connectivity index (χ0n) is 16.7. The number of para-hydroxylation sites is 1. The molecule has 2 heterocycles. The zero-order chi connectivity index (χ0) is 20.1. The van der Waals surface area contributed by atoms with E-state index >= 15 is 0 Å². The molecule has 0 aliphatic carbocycles. The molecule has 0 radical (unpaired) electrons. The van der Waals surface area contributed by atoms with Crippen LogP contribution >= 0.6 is 0 Å². The molecule has 1 spiro atoms. The number of carbonyl (C=O) groups excluding carboxylic acids is 1. The van der Waals surface area contributed by atoms with Gasteiger partial charge in [0.15, 0.2) is 6.61 Å². The number of hydrogen-bond acceptors (Lipinski definition) is 3. The van der Waals surface area contributed by atoms with Crippen LogP contribution in [0.3, 0.4) is 0 Å². The highest BCUT2D eigenvalue weighted by molar-refractivity contribution is 5.77. The Morgan fingerprint density at radius 3 is 2.55 bits per heavy atom. The van der Waals surface area contributed by atoms with Gasteiger partial charge < -0.3 is 14.4 Å². The highest BCUT2D eigenvalue weighted by Gasteiger charge is 2.41. The van der Waals surface area contributed by atoms with E-state index in [0.29, 0.717) is 24.8 Å². The highest BCUT2D eigenvalue weighted by atomic mass is 19.1. The molecule has 0 N–H and O–H groups in total. The van der Waals surface area contributed by atoms with E-state index in [1.807, 2.05) is 47.4 Å². The highest BCUT2D eigenvalue weighted by Crippen LogP contribution is 2.38. The van der Waals surface area contributed by atoms with Gasteiger partial charge in [-0.05, 0) is 67.9 Å². The molecule has 5 heteroatoms. The van der Waals surface area contributed by atoms with Crippen molar-refractivity contribution in [1.82, 2.24) is 4.90 Å². The van der Waals surface area contributed by atoms with Gasteiger partial charge in [0.25, 0.3) is 5.91 Å². The van der Waals surface area contributed by atoms with Crippen molar-refractivity contribution in [2.75, 3.05) is 26.3 Å². The van der Waals surface area contributed by atoms with Gasteiger partial charge in [0.2, 0.25) is 0 Å². The second-order valence-electron chi connectivity index (χ2n) is 8.20. The van der Waals surface area contributed by atoms with Gasteiger partial charge in [0, 0.05) is 19.7 Å². The second-order valence-corrected chi connectivity index (χ2v) is 8.20. The van der Waals surface area contributed by atoms with Crippen molar-refractivity contribution >= 4 is 5.91 Å². The average molecular weight is 397 g/mol. The lowest BCUT2D eigenvalue weighted by atomic mass is 9.77. The molecule has 29 heavy (non-hydrogen) atoms. The Hall–Kier alpha value is -2.40. The molecule has 2 aromatic carbocycles. The summed E-state index contributed by atoms with van der Waals surface area (Å²) in [5, 5.41) is 0. The molecule has 4 rings (SSSR count). The Balaban J connectivity index is 1.27. The number of carbonyl (C=O) groups is 1. The van der Waals surface area contributed by atoms with E-state index in [1.54, 1.807) is 0 Å². The SMILES string of the molecule is O=C(COc1ccccc1)N1CCC2(CC1)CC(Cc1ccc(F)cc1)CCO2. The first-order chi connectivity index (χ1) is 14.1. The van der Waals surface area contributed by atoms with E-state index in [-0.39, 0.29) is 23.9 Å². The topological polar surface area (TPSA) is 38.8 Å². The van der Waals surface area contributed by atoms with Gasteiger partial charge >= 0.3 is 0 Å². The molecule has 2 aliphatic heterocycles. The van der Waals surface area contributed by atoms with E-state index in [2.05, 4.69) is 0 Å². The van der Waals surface area contributed by atoms with Crippen LogP contribution in [-0.2, 0) is 16.0 Å². The summed E-state index contributed by atoms with van der Waals surface area (Å²) in [6, 6.07) is 16.3. The van der Waals surface area contributed by atoms with Gasteiger partial charge in [0.1, 0.15) is 11.6 Å². The van der Waals surface area contributed by atoms with Crippen LogP contribution in [0.2, 0.25) is 0 Å². The summed E-state index contributed by atoms with van der Waals surface area (Å²) in [5.41, 5.74) is 1.05. The van der Waals surface area contributed by atoms with E-state index in [9.17, 15) is 9.18 Å². The number of benzene rings is 2. The van der Waals surface area contributed by atoms with Gasteiger partial charge in [-0.1, -0.05) is 30.3 Å². The maximum Gasteiger partial charge on any atom is 0.260 e. The number of piperidine rings is 1. The van der Waals surface area contributed by atoms with E-state index < -0.39 is 0 Å². The standard InChI is InChI=1S/C24H28FNO3/c25-21-8-6-19(7-9-21)16-20-10-15-29-24(17-20)11-13-26(14-12-24)23(27)18-28-22-4-2-1-3-5-22/h1-9,20H,10-18H2. The Bertz CT molecular complexity index is 801. The molecule has 0 bridgehead atoms. The molecule has 154 valence electrons. The third kappa shape index (κ3) is 5.15. The normalized spacial score (nSPS) is 21.1. The minimum Gasteiger partial charge on any atom is -0.484 e. The molecular formula is C24H28FNO3. The van der Waals surface area contributed by atoms with Crippen molar-refractivity contribution in [2.45, 2.75) is 37.7 Å². The van der Waals surface area contributed by atoms with Crippen LogP contribution < -0.4 is 4.74 Å². The second kappa shape index (κ2) is 8.95. The predicted octanol–water partition coefficient (Wildman–Crippen LogP) is 4.24. The van der Waals surface area contributed by atoms with Gasteiger partial charge in [0.05, 0.1) is 5.60 Å². The lowest BCUT2D eigenvalue weighted by molar-refractivity contribution is -0.148. The summed E-state index contributed by atoms with van der Waals surface area (Å²) in [5.74, 6) is 1.10. The number of rotatable bonds is 5. The maximum atomic E-state index is 13.1. The van der Waals surface area contributed by atoms with Gasteiger partial charge in [-0.15, -0.1) is 0 Å². The van der Waals surface area contributed by atoms with Crippen molar-refractivity contribution in [3.05, 3.63) is 66.0 Å². The summed E-state index contributed by atoms with van der Waals surface area (Å²) < 4.78 is 25.0. The van der Waals surface area contributed by atoms with Crippen molar-refractivity contribution in [1.29, 1.82) is 0 Å². The number of ether oxygens (including phenoxy) is 2. The first-order valence-electron chi connectivity index (χ1n) is 10.5. The Labute approximate surface area is 171 Å². The largest absolute Gasteiger partial charge is 0.484 e. The summed E-state index contributed by atoms with van der Waals surface area (Å²) >= 11 is 0. The maximum absolute atomic E-state index is 13.1. The molecular weight excluding hydrogens is 369 g/mol. The third-order valence-corrected chi connectivity index (χ3v) is 6.17. The number of nitrogens with zero attached hydrogens (tertiary/aromatic N) is 1.